The standard InChI is InChI=1S/C8H15O5P/c1-5-13-8(9)7(2)6-14(10,11-3)12-4/h6H,5H2,1-4H3/b7-6+. The van der Waals surface area contributed by atoms with Crippen LogP contribution in [-0.2, 0) is 23.1 Å². The number of carbonyl (C=O) groups is 1. The fourth-order valence-electron chi connectivity index (χ4n) is 0.715. The maximum atomic E-state index is 11.5. The van der Waals surface area contributed by atoms with E-state index in [1.165, 1.54) is 21.1 Å². The molecule has 0 amide bonds. The van der Waals surface area contributed by atoms with Gasteiger partial charge in [-0.3, -0.25) is 4.57 Å². The van der Waals surface area contributed by atoms with Gasteiger partial charge in [-0.05, 0) is 13.8 Å². The van der Waals surface area contributed by atoms with Gasteiger partial charge in [-0.2, -0.15) is 0 Å². The second-order valence-electron chi connectivity index (χ2n) is 2.44. The van der Waals surface area contributed by atoms with E-state index in [4.69, 9.17) is 4.74 Å². The zero-order valence-corrected chi connectivity index (χ0v) is 9.67. The Bertz CT molecular complexity index is 263. The van der Waals surface area contributed by atoms with Crippen LogP contribution in [0.25, 0.3) is 0 Å². The molecule has 0 aliphatic carbocycles. The normalized spacial score (nSPS) is 12.7. The van der Waals surface area contributed by atoms with Crippen LogP contribution < -0.4 is 0 Å². The van der Waals surface area contributed by atoms with Crippen molar-refractivity contribution < 1.29 is 23.1 Å². The monoisotopic (exact) mass is 222 g/mol. The third kappa shape index (κ3) is 4.05. The van der Waals surface area contributed by atoms with E-state index in [0.717, 1.165) is 5.82 Å². The summed E-state index contributed by atoms with van der Waals surface area (Å²) < 4.78 is 25.5. The number of ether oxygens (including phenoxy) is 1. The van der Waals surface area contributed by atoms with Crippen LogP contribution in [0.4, 0.5) is 0 Å². The number of rotatable bonds is 5. The highest BCUT2D eigenvalue weighted by molar-refractivity contribution is 7.57. The Labute approximate surface area is 83.6 Å². The average Bonchev–Trinajstić information content (AvgIpc) is 2.18. The highest BCUT2D eigenvalue weighted by atomic mass is 31.2. The Morgan fingerprint density at radius 3 is 2.21 bits per heavy atom. The molecule has 0 radical (unpaired) electrons. The first-order valence-electron chi connectivity index (χ1n) is 4.07. The van der Waals surface area contributed by atoms with Crippen molar-refractivity contribution in [1.29, 1.82) is 0 Å². The molecule has 0 aliphatic rings. The lowest BCUT2D eigenvalue weighted by Gasteiger charge is -2.09. The van der Waals surface area contributed by atoms with E-state index in [1.54, 1.807) is 6.92 Å². The predicted octanol–water partition coefficient (Wildman–Crippen LogP) is 1.94. The van der Waals surface area contributed by atoms with E-state index in [9.17, 15) is 9.36 Å². The van der Waals surface area contributed by atoms with Crippen LogP contribution in [0.2, 0.25) is 0 Å². The van der Waals surface area contributed by atoms with Gasteiger partial charge in [0.15, 0.2) is 0 Å². The minimum absolute atomic E-state index is 0.207. The summed E-state index contributed by atoms with van der Waals surface area (Å²) in [5, 5.41) is 0. The Morgan fingerprint density at radius 2 is 1.86 bits per heavy atom. The van der Waals surface area contributed by atoms with Crippen molar-refractivity contribution >= 4 is 13.6 Å². The van der Waals surface area contributed by atoms with Crippen molar-refractivity contribution in [2.24, 2.45) is 0 Å². The van der Waals surface area contributed by atoms with Crippen LogP contribution in [0.15, 0.2) is 11.4 Å². The van der Waals surface area contributed by atoms with Crippen LogP contribution in [0.1, 0.15) is 13.8 Å². The molecule has 0 bridgehead atoms. The highest BCUT2D eigenvalue weighted by Crippen LogP contribution is 2.48. The third-order valence-electron chi connectivity index (χ3n) is 1.46. The zero-order chi connectivity index (χ0) is 11.2. The molecular weight excluding hydrogens is 207 g/mol. The van der Waals surface area contributed by atoms with Crippen molar-refractivity contribution in [3.05, 3.63) is 11.4 Å². The molecule has 0 aliphatic heterocycles. The molecule has 0 rings (SSSR count). The largest absolute Gasteiger partial charge is 0.463 e. The summed E-state index contributed by atoms with van der Waals surface area (Å²) in [6.07, 6.45) is 0. The molecule has 0 N–H and O–H groups in total. The summed E-state index contributed by atoms with van der Waals surface area (Å²) in [7, 11) is -0.779. The molecule has 14 heavy (non-hydrogen) atoms. The first-order chi connectivity index (χ1) is 6.49. The van der Waals surface area contributed by atoms with Crippen molar-refractivity contribution in [2.75, 3.05) is 20.8 Å². The van der Waals surface area contributed by atoms with Crippen molar-refractivity contribution in [3.63, 3.8) is 0 Å². The fourth-order valence-corrected chi connectivity index (χ4v) is 1.65. The Balaban J connectivity index is 4.64. The second-order valence-corrected chi connectivity index (χ2v) is 4.51. The lowest BCUT2D eigenvalue weighted by Crippen LogP contribution is -2.05. The molecule has 0 atom stereocenters. The van der Waals surface area contributed by atoms with Gasteiger partial charge in [0.1, 0.15) is 0 Å². The number of esters is 1. The minimum Gasteiger partial charge on any atom is -0.463 e. The Morgan fingerprint density at radius 1 is 1.36 bits per heavy atom. The summed E-state index contributed by atoms with van der Waals surface area (Å²) in [4.78, 5) is 11.1. The molecule has 0 unspecified atom stereocenters. The van der Waals surface area contributed by atoms with Gasteiger partial charge in [0.2, 0.25) is 0 Å². The van der Waals surface area contributed by atoms with Crippen molar-refractivity contribution in [2.45, 2.75) is 13.8 Å². The lowest BCUT2D eigenvalue weighted by atomic mass is 10.4. The topological polar surface area (TPSA) is 61.8 Å². The maximum Gasteiger partial charge on any atom is 0.354 e. The molecule has 0 aromatic carbocycles. The zero-order valence-electron chi connectivity index (χ0n) is 8.77. The molecule has 82 valence electrons. The van der Waals surface area contributed by atoms with Crippen LogP contribution in [0.3, 0.4) is 0 Å². The van der Waals surface area contributed by atoms with Crippen LogP contribution >= 0.6 is 7.60 Å². The van der Waals surface area contributed by atoms with Crippen LogP contribution in [-0.4, -0.2) is 26.8 Å². The predicted molar refractivity (Wildman–Crippen MR) is 52.0 cm³/mol. The fraction of sp³-hybridized carbons (Fsp3) is 0.625. The van der Waals surface area contributed by atoms with Gasteiger partial charge in [-0.25, -0.2) is 4.79 Å². The van der Waals surface area contributed by atoms with E-state index in [2.05, 4.69) is 9.05 Å². The summed E-state index contributed by atoms with van der Waals surface area (Å²) in [5.74, 6) is 0.618. The summed E-state index contributed by atoms with van der Waals surface area (Å²) in [6, 6.07) is 0. The van der Waals surface area contributed by atoms with Gasteiger partial charge >= 0.3 is 13.6 Å². The molecule has 0 heterocycles. The average molecular weight is 222 g/mol. The summed E-state index contributed by atoms with van der Waals surface area (Å²) >= 11 is 0. The van der Waals surface area contributed by atoms with E-state index in [0.29, 0.717) is 0 Å². The maximum absolute atomic E-state index is 11.5. The second kappa shape index (κ2) is 5.96. The SMILES string of the molecule is CCOC(=O)/C(C)=C/P(=O)(OC)OC. The third-order valence-corrected chi connectivity index (χ3v) is 3.18. The van der Waals surface area contributed by atoms with E-state index < -0.39 is 13.6 Å². The van der Waals surface area contributed by atoms with Gasteiger partial charge in [0, 0.05) is 25.6 Å². The van der Waals surface area contributed by atoms with Gasteiger partial charge < -0.3 is 13.8 Å². The number of hydrogen-bond acceptors (Lipinski definition) is 5. The van der Waals surface area contributed by atoms with Crippen LogP contribution in [0, 0.1) is 0 Å². The number of carbonyl (C=O) groups excluding carboxylic acids is 1. The van der Waals surface area contributed by atoms with Crippen molar-refractivity contribution in [1.82, 2.24) is 0 Å². The molecule has 5 nitrogen and oxygen atoms in total. The van der Waals surface area contributed by atoms with E-state index in [1.807, 2.05) is 0 Å². The minimum atomic E-state index is -3.28. The molecular formula is C8H15O5P. The lowest BCUT2D eigenvalue weighted by molar-refractivity contribution is -0.138. The number of hydrogen-bond donors (Lipinski definition) is 0. The van der Waals surface area contributed by atoms with Gasteiger partial charge in [-0.1, -0.05) is 0 Å². The molecule has 6 heteroatoms. The quantitative estimate of drug-likeness (QED) is 0.404. The smallest absolute Gasteiger partial charge is 0.354 e. The summed E-state index contributed by atoms with van der Waals surface area (Å²) in [6.45, 7) is 3.45. The molecule has 0 spiro atoms. The first-order valence-corrected chi connectivity index (χ1v) is 5.68. The van der Waals surface area contributed by atoms with Crippen LogP contribution in [0.5, 0.6) is 0 Å². The summed E-state index contributed by atoms with van der Waals surface area (Å²) in [5.41, 5.74) is 0.207. The van der Waals surface area contributed by atoms with E-state index in [-0.39, 0.29) is 12.2 Å². The molecule has 0 aromatic heterocycles. The molecule has 0 aromatic rings. The van der Waals surface area contributed by atoms with Gasteiger partial charge in [-0.15, -0.1) is 0 Å². The van der Waals surface area contributed by atoms with Gasteiger partial charge in [0.25, 0.3) is 0 Å². The van der Waals surface area contributed by atoms with Crippen molar-refractivity contribution in [3.8, 4) is 0 Å². The van der Waals surface area contributed by atoms with Gasteiger partial charge in [0.05, 0.1) is 6.61 Å². The molecule has 0 saturated heterocycles. The molecule has 0 saturated carbocycles. The highest BCUT2D eigenvalue weighted by Gasteiger charge is 2.19. The Kier molecular flexibility index (Phi) is 5.69. The molecule has 0 fully saturated rings. The first kappa shape index (κ1) is 13.4. The van der Waals surface area contributed by atoms with E-state index >= 15 is 0 Å². The Hall–Kier alpha value is -0.640.